The number of hydrogen-bond acceptors (Lipinski definition) is 2. The Morgan fingerprint density at radius 2 is 1.90 bits per heavy atom. The zero-order valence-corrected chi connectivity index (χ0v) is 12.8. The molecular formula is C14H18ClF3N2O. The fourth-order valence-corrected chi connectivity index (χ4v) is 2.22. The highest BCUT2D eigenvalue weighted by molar-refractivity contribution is 6.33. The molecule has 0 saturated carbocycles. The van der Waals surface area contributed by atoms with E-state index in [9.17, 15) is 18.0 Å². The Morgan fingerprint density at radius 1 is 1.33 bits per heavy atom. The van der Waals surface area contributed by atoms with Crippen LogP contribution in [0.2, 0.25) is 5.02 Å². The first-order valence-electron chi connectivity index (χ1n) is 6.63. The highest BCUT2D eigenvalue weighted by atomic mass is 35.5. The Balaban J connectivity index is 3.05. The van der Waals surface area contributed by atoms with E-state index in [2.05, 4.69) is 5.32 Å². The summed E-state index contributed by atoms with van der Waals surface area (Å²) in [5.41, 5.74) is -1.14. The largest absolute Gasteiger partial charge is 0.418 e. The van der Waals surface area contributed by atoms with Gasteiger partial charge in [-0.15, -0.1) is 0 Å². The van der Waals surface area contributed by atoms with Crippen LogP contribution in [0, 0.1) is 0 Å². The quantitative estimate of drug-likeness (QED) is 0.887. The molecule has 1 amide bonds. The van der Waals surface area contributed by atoms with E-state index in [0.29, 0.717) is 13.1 Å². The van der Waals surface area contributed by atoms with Gasteiger partial charge in [-0.2, -0.15) is 13.2 Å². The third kappa shape index (κ3) is 4.27. The van der Waals surface area contributed by atoms with Gasteiger partial charge in [0.25, 0.3) is 0 Å². The van der Waals surface area contributed by atoms with Crippen LogP contribution in [-0.4, -0.2) is 29.9 Å². The number of hydrogen-bond donors (Lipinski definition) is 1. The van der Waals surface area contributed by atoms with Gasteiger partial charge in [0.05, 0.1) is 16.3 Å². The summed E-state index contributed by atoms with van der Waals surface area (Å²) >= 11 is 5.84. The second kappa shape index (κ2) is 7.02. The third-order valence-electron chi connectivity index (χ3n) is 3.13. The summed E-state index contributed by atoms with van der Waals surface area (Å²) in [6.07, 6.45) is -4.54. The SMILES string of the molecule is CCN(CC)C(=O)C(C)Nc1c(Cl)cccc1C(F)(F)F. The topological polar surface area (TPSA) is 32.3 Å². The summed E-state index contributed by atoms with van der Waals surface area (Å²) in [7, 11) is 0. The first kappa shape index (κ1) is 17.6. The Bertz CT molecular complexity index is 501. The van der Waals surface area contributed by atoms with E-state index < -0.39 is 17.8 Å². The molecule has 0 aliphatic heterocycles. The van der Waals surface area contributed by atoms with Crippen LogP contribution in [0.4, 0.5) is 18.9 Å². The molecule has 3 nitrogen and oxygen atoms in total. The van der Waals surface area contributed by atoms with Crippen LogP contribution < -0.4 is 5.32 Å². The normalized spacial score (nSPS) is 12.9. The van der Waals surface area contributed by atoms with E-state index in [1.165, 1.54) is 19.1 Å². The molecule has 0 saturated heterocycles. The lowest BCUT2D eigenvalue weighted by Crippen LogP contribution is -2.41. The van der Waals surface area contributed by atoms with Crippen molar-refractivity contribution < 1.29 is 18.0 Å². The number of nitrogens with zero attached hydrogens (tertiary/aromatic N) is 1. The predicted octanol–water partition coefficient (Wildman–Crippen LogP) is 4.03. The Hall–Kier alpha value is -1.43. The number of rotatable bonds is 5. The standard InChI is InChI=1S/C14H18ClF3N2O/c1-4-20(5-2)13(21)9(3)19-12-10(14(16,17)18)7-6-8-11(12)15/h6-9,19H,4-5H2,1-3H3. The summed E-state index contributed by atoms with van der Waals surface area (Å²) in [4.78, 5) is 13.7. The van der Waals surface area contributed by atoms with Crippen LogP contribution >= 0.6 is 11.6 Å². The van der Waals surface area contributed by atoms with Gasteiger partial charge < -0.3 is 10.2 Å². The highest BCUT2D eigenvalue weighted by Crippen LogP contribution is 2.38. The summed E-state index contributed by atoms with van der Waals surface area (Å²) in [6.45, 7) is 6.13. The number of carbonyl (C=O) groups excluding carboxylic acids is 1. The van der Waals surface area contributed by atoms with E-state index >= 15 is 0 Å². The fourth-order valence-electron chi connectivity index (χ4n) is 1.99. The van der Waals surface area contributed by atoms with Gasteiger partial charge in [0.15, 0.2) is 0 Å². The lowest BCUT2D eigenvalue weighted by atomic mass is 10.1. The predicted molar refractivity (Wildman–Crippen MR) is 77.5 cm³/mol. The third-order valence-corrected chi connectivity index (χ3v) is 3.44. The number of anilines is 1. The van der Waals surface area contributed by atoms with Crippen molar-refractivity contribution >= 4 is 23.2 Å². The Morgan fingerprint density at radius 3 is 2.38 bits per heavy atom. The number of para-hydroxylation sites is 1. The van der Waals surface area contributed by atoms with Gasteiger partial charge in [-0.3, -0.25) is 4.79 Å². The minimum atomic E-state index is -4.54. The van der Waals surface area contributed by atoms with Gasteiger partial charge in [0.1, 0.15) is 6.04 Å². The fraction of sp³-hybridized carbons (Fsp3) is 0.500. The van der Waals surface area contributed by atoms with E-state index in [4.69, 9.17) is 11.6 Å². The summed E-state index contributed by atoms with van der Waals surface area (Å²) in [5.74, 6) is -0.270. The van der Waals surface area contributed by atoms with E-state index in [1.54, 1.807) is 4.90 Å². The second-order valence-electron chi connectivity index (χ2n) is 4.54. The van der Waals surface area contributed by atoms with Crippen LogP contribution in [0.1, 0.15) is 26.3 Å². The molecule has 1 aromatic rings. The average Bonchev–Trinajstić information content (AvgIpc) is 2.40. The van der Waals surface area contributed by atoms with Crippen molar-refractivity contribution in [3.63, 3.8) is 0 Å². The summed E-state index contributed by atoms with van der Waals surface area (Å²) in [5, 5.41) is 2.53. The maximum Gasteiger partial charge on any atom is 0.418 e. The van der Waals surface area contributed by atoms with Crippen LogP contribution in [0.15, 0.2) is 18.2 Å². The molecule has 21 heavy (non-hydrogen) atoms. The number of benzene rings is 1. The molecule has 1 rings (SSSR count). The number of halogens is 4. The van der Waals surface area contributed by atoms with Crippen molar-refractivity contribution in [2.24, 2.45) is 0 Å². The first-order valence-corrected chi connectivity index (χ1v) is 7.01. The molecule has 0 aromatic heterocycles. The molecular weight excluding hydrogens is 305 g/mol. The van der Waals surface area contributed by atoms with Gasteiger partial charge in [0.2, 0.25) is 5.91 Å². The molecule has 0 radical (unpaired) electrons. The van der Waals surface area contributed by atoms with Crippen LogP contribution in [0.3, 0.4) is 0 Å². The molecule has 1 N–H and O–H groups in total. The molecule has 0 aliphatic carbocycles. The molecule has 0 heterocycles. The van der Waals surface area contributed by atoms with Crippen LogP contribution in [0.5, 0.6) is 0 Å². The van der Waals surface area contributed by atoms with Gasteiger partial charge in [-0.05, 0) is 32.9 Å². The van der Waals surface area contributed by atoms with Gasteiger partial charge in [-0.25, -0.2) is 0 Å². The Labute approximate surface area is 127 Å². The molecule has 1 unspecified atom stereocenters. The number of amides is 1. The number of likely N-dealkylation sites (N-methyl/N-ethyl adjacent to an activating group) is 1. The van der Waals surface area contributed by atoms with Crippen molar-refractivity contribution in [2.75, 3.05) is 18.4 Å². The van der Waals surface area contributed by atoms with E-state index in [-0.39, 0.29) is 16.6 Å². The first-order chi connectivity index (χ1) is 9.72. The maximum absolute atomic E-state index is 13.0. The molecule has 7 heteroatoms. The Kier molecular flexibility index (Phi) is 5.89. The van der Waals surface area contributed by atoms with Gasteiger partial charge >= 0.3 is 6.18 Å². The molecule has 118 valence electrons. The van der Waals surface area contributed by atoms with Crippen molar-refractivity contribution in [2.45, 2.75) is 33.0 Å². The van der Waals surface area contributed by atoms with Crippen LogP contribution in [-0.2, 0) is 11.0 Å². The summed E-state index contributed by atoms with van der Waals surface area (Å²) < 4.78 is 38.9. The van der Waals surface area contributed by atoms with Gasteiger partial charge in [0, 0.05) is 13.1 Å². The maximum atomic E-state index is 13.0. The molecule has 0 fully saturated rings. The minimum Gasteiger partial charge on any atom is -0.372 e. The zero-order valence-electron chi connectivity index (χ0n) is 12.1. The minimum absolute atomic E-state index is 0.0657. The van der Waals surface area contributed by atoms with Crippen molar-refractivity contribution in [3.8, 4) is 0 Å². The van der Waals surface area contributed by atoms with Crippen LogP contribution in [0.25, 0.3) is 0 Å². The average molecular weight is 323 g/mol. The summed E-state index contributed by atoms with van der Waals surface area (Å²) in [6, 6.07) is 2.72. The highest BCUT2D eigenvalue weighted by Gasteiger charge is 2.35. The number of nitrogens with one attached hydrogen (secondary N) is 1. The van der Waals surface area contributed by atoms with E-state index in [1.807, 2.05) is 13.8 Å². The second-order valence-corrected chi connectivity index (χ2v) is 4.94. The number of alkyl halides is 3. The number of carbonyl (C=O) groups is 1. The monoisotopic (exact) mass is 322 g/mol. The van der Waals surface area contributed by atoms with Crippen molar-refractivity contribution in [1.82, 2.24) is 4.90 Å². The van der Waals surface area contributed by atoms with Crippen molar-refractivity contribution in [3.05, 3.63) is 28.8 Å². The molecule has 0 aliphatic rings. The molecule has 0 spiro atoms. The molecule has 1 aromatic carbocycles. The lowest BCUT2D eigenvalue weighted by molar-refractivity contribution is -0.137. The molecule has 1 atom stereocenters. The van der Waals surface area contributed by atoms with E-state index in [0.717, 1.165) is 6.07 Å². The smallest absolute Gasteiger partial charge is 0.372 e. The van der Waals surface area contributed by atoms with Gasteiger partial charge in [-0.1, -0.05) is 17.7 Å². The van der Waals surface area contributed by atoms with Crippen molar-refractivity contribution in [1.29, 1.82) is 0 Å². The zero-order chi connectivity index (χ0) is 16.2. The lowest BCUT2D eigenvalue weighted by Gasteiger charge is -2.25. The molecule has 0 bridgehead atoms.